The zero-order chi connectivity index (χ0) is 47.7. The number of phenolic OH excluding ortho intramolecular Hbond substituents is 4. The molecule has 66 heavy (non-hydrogen) atoms. The van der Waals surface area contributed by atoms with E-state index in [9.17, 15) is 81.4 Å². The Kier molecular flexibility index (Phi) is 14.7. The van der Waals surface area contributed by atoms with Crippen molar-refractivity contribution in [1.29, 1.82) is 0 Å². The molecular weight excluding hydrogens is 888 g/mol. The van der Waals surface area contributed by atoms with Crippen molar-refractivity contribution in [1.82, 2.24) is 0 Å². The van der Waals surface area contributed by atoms with Crippen LogP contribution in [0.2, 0.25) is 0 Å². The van der Waals surface area contributed by atoms with E-state index < -0.39 is 152 Å². The molecule has 24 nitrogen and oxygen atoms in total. The maximum Gasteiger partial charge on any atom is 0.402 e. The molecule has 0 spiro atoms. The van der Waals surface area contributed by atoms with Gasteiger partial charge < -0.3 is 110 Å². The van der Waals surface area contributed by atoms with E-state index in [4.69, 9.17) is 37.6 Å². The summed E-state index contributed by atoms with van der Waals surface area (Å²) in [6, 6.07) is 10.9. The molecule has 3 saturated heterocycles. The first-order chi connectivity index (χ1) is 31.4. The predicted molar refractivity (Wildman–Crippen MR) is 215 cm³/mol. The average Bonchev–Trinajstić information content (AvgIpc) is 3.30. The molecular formula is C42H47O24+. The van der Waals surface area contributed by atoms with Crippen molar-refractivity contribution in [3.05, 3.63) is 66.2 Å². The van der Waals surface area contributed by atoms with Gasteiger partial charge in [0.2, 0.25) is 30.4 Å². The molecule has 358 valence electrons. The van der Waals surface area contributed by atoms with Crippen LogP contribution >= 0.6 is 0 Å². The fourth-order valence-electron chi connectivity index (χ4n) is 7.19. The number of esters is 1. The minimum absolute atomic E-state index is 0.00455. The van der Waals surface area contributed by atoms with Gasteiger partial charge in [-0.25, -0.2) is 9.21 Å². The van der Waals surface area contributed by atoms with Gasteiger partial charge in [-0.05, 0) is 23.8 Å². The molecule has 1 aromatic heterocycles. The molecule has 3 aliphatic heterocycles. The second kappa shape index (κ2) is 20.0. The van der Waals surface area contributed by atoms with Crippen LogP contribution in [0.3, 0.4) is 0 Å². The molecule has 3 fully saturated rings. The van der Waals surface area contributed by atoms with Crippen LogP contribution in [0.5, 0.6) is 40.2 Å². The zero-order valence-corrected chi connectivity index (χ0v) is 34.0. The van der Waals surface area contributed by atoms with E-state index in [2.05, 4.69) is 0 Å². The third-order valence-electron chi connectivity index (χ3n) is 10.9. The van der Waals surface area contributed by atoms with Gasteiger partial charge in [-0.15, -0.1) is 0 Å². The number of phenols is 4. The van der Waals surface area contributed by atoms with E-state index in [1.54, 1.807) is 0 Å². The molecule has 0 unspecified atom stereocenters. The zero-order valence-electron chi connectivity index (χ0n) is 34.0. The summed E-state index contributed by atoms with van der Waals surface area (Å²) in [5, 5.41) is 157. The van der Waals surface area contributed by atoms with E-state index in [1.165, 1.54) is 30.3 Å². The standard InChI is InChI=1S/C42H46O24/c43-12-25-30(50)33(53)36(56)41(64-25)62-23-8-16(7-20(47)29(23)49)39-24(63-42-37(57)34(54)31(51)26(13-44)65-42)11-19-21(60-39)9-18(46)10-22(19)61-40-38(58)35(55)32(52)27(66-40)14-59-28(48)6-3-15-1-4-17(45)5-2-15/h1-11,25-27,30-38,40-44,50-58H,12-14H2,(H3-,45,46,47,48,49)/p+1/t25-,26-,27-,30-,31-,32-,33+,34+,35+,36-,37+,38-,40-,41-,42-/m1/s1. The highest BCUT2D eigenvalue weighted by atomic mass is 16.7. The number of aliphatic hydroxyl groups excluding tert-OH is 11. The maximum absolute atomic E-state index is 12.5. The summed E-state index contributed by atoms with van der Waals surface area (Å²) in [7, 11) is 0. The second-order valence-corrected chi connectivity index (χ2v) is 15.5. The summed E-state index contributed by atoms with van der Waals surface area (Å²) in [6.07, 6.45) is -24.8. The third kappa shape index (κ3) is 10.0. The topological polar surface area (TPSA) is 396 Å². The van der Waals surface area contributed by atoms with Crippen LogP contribution in [0, 0.1) is 0 Å². The van der Waals surface area contributed by atoms with Crippen molar-refractivity contribution < 1.29 is 119 Å². The number of ether oxygens (including phenoxy) is 7. The quantitative estimate of drug-likeness (QED) is 0.0275. The van der Waals surface area contributed by atoms with Crippen molar-refractivity contribution in [3.63, 3.8) is 0 Å². The molecule has 4 aromatic rings. The number of aromatic hydroxyl groups is 4. The monoisotopic (exact) mass is 935 g/mol. The lowest BCUT2D eigenvalue weighted by Gasteiger charge is -2.40. The van der Waals surface area contributed by atoms with Gasteiger partial charge in [0.15, 0.2) is 11.5 Å². The number of fused-ring (bicyclic) bond motifs is 1. The summed E-state index contributed by atoms with van der Waals surface area (Å²) in [5.41, 5.74) is 0.00833. The average molecular weight is 936 g/mol. The maximum atomic E-state index is 12.5. The number of rotatable bonds is 13. The van der Waals surface area contributed by atoms with Crippen molar-refractivity contribution >= 4 is 23.0 Å². The minimum atomic E-state index is -2.01. The molecule has 0 saturated carbocycles. The molecule has 0 radical (unpaired) electrons. The summed E-state index contributed by atoms with van der Waals surface area (Å²) < 4.78 is 45.4. The van der Waals surface area contributed by atoms with Gasteiger partial charge in [0.25, 0.3) is 0 Å². The van der Waals surface area contributed by atoms with Crippen molar-refractivity contribution in [2.75, 3.05) is 19.8 Å². The van der Waals surface area contributed by atoms with Gasteiger partial charge in [0.1, 0.15) is 102 Å². The Hall–Kier alpha value is -5.68. The van der Waals surface area contributed by atoms with Gasteiger partial charge in [0.05, 0.1) is 24.8 Å². The lowest BCUT2D eigenvalue weighted by atomic mass is 9.99. The van der Waals surface area contributed by atoms with Gasteiger partial charge in [-0.2, -0.15) is 0 Å². The minimum Gasteiger partial charge on any atom is -0.508 e. The molecule has 3 aliphatic rings. The number of benzene rings is 3. The lowest BCUT2D eigenvalue weighted by Crippen LogP contribution is -2.60. The fraction of sp³-hybridized carbons (Fsp3) is 0.429. The molecule has 15 atom stereocenters. The number of carbonyl (C=O) groups excluding carboxylic acids is 1. The first-order valence-electron chi connectivity index (χ1n) is 20.0. The molecule has 3 aromatic carbocycles. The number of hydrogen-bond donors (Lipinski definition) is 15. The Labute approximate surface area is 371 Å². The molecule has 4 heterocycles. The normalized spacial score (nSPS) is 32.6. The summed E-state index contributed by atoms with van der Waals surface area (Å²) in [6.45, 7) is -2.36. The van der Waals surface area contributed by atoms with Crippen LogP contribution in [0.15, 0.2) is 65.1 Å². The predicted octanol–water partition coefficient (Wildman–Crippen LogP) is -3.00. The Balaban J connectivity index is 1.23. The summed E-state index contributed by atoms with van der Waals surface area (Å²) >= 11 is 0. The largest absolute Gasteiger partial charge is 0.508 e. The van der Waals surface area contributed by atoms with Crippen molar-refractivity contribution in [2.45, 2.75) is 92.1 Å². The SMILES string of the molecule is O=C(C=Cc1ccc(O)cc1)OC[C@H]1O[C@@H](Oc2cc(O)cc3[o+]c(-c4cc(O)c(O)c(O[C@@H]5O[C@H](CO)[C@@H](O)[C@H](O)[C@H]5O)c4)c(O[C@@H]4O[C@H](CO)[C@@H](O)[C@H](O)[C@@H]4O)cc23)[C@H](O)[C@@H](O)[C@@H]1O. The van der Waals surface area contributed by atoms with Gasteiger partial charge in [0, 0.05) is 30.3 Å². The Morgan fingerprint density at radius 2 is 1.09 bits per heavy atom. The molecule has 7 rings (SSSR count). The number of hydrogen-bond acceptors (Lipinski definition) is 23. The molecule has 0 bridgehead atoms. The van der Waals surface area contributed by atoms with Crippen LogP contribution in [0.4, 0.5) is 0 Å². The van der Waals surface area contributed by atoms with Crippen molar-refractivity contribution in [3.8, 4) is 51.6 Å². The fourth-order valence-corrected chi connectivity index (χ4v) is 7.19. The molecule has 15 N–H and O–H groups in total. The van der Waals surface area contributed by atoms with E-state index in [1.807, 2.05) is 0 Å². The van der Waals surface area contributed by atoms with Crippen molar-refractivity contribution in [2.24, 2.45) is 0 Å². The molecule has 24 heteroatoms. The third-order valence-corrected chi connectivity index (χ3v) is 10.9. The van der Waals surface area contributed by atoms with Crippen LogP contribution < -0.4 is 14.2 Å². The number of carbonyl (C=O) groups is 1. The van der Waals surface area contributed by atoms with Gasteiger partial charge >= 0.3 is 17.3 Å². The number of aliphatic hydroxyl groups is 11. The smallest absolute Gasteiger partial charge is 0.402 e. The first kappa shape index (κ1) is 48.3. The summed E-state index contributed by atoms with van der Waals surface area (Å²) in [4.78, 5) is 12.5. The second-order valence-electron chi connectivity index (χ2n) is 15.5. The van der Waals surface area contributed by atoms with Gasteiger partial charge in [-0.1, -0.05) is 12.1 Å². The summed E-state index contributed by atoms with van der Waals surface area (Å²) in [5.74, 6) is -5.24. The highest BCUT2D eigenvalue weighted by molar-refractivity contribution is 5.89. The van der Waals surface area contributed by atoms with Crippen LogP contribution in [-0.4, -0.2) is 195 Å². The van der Waals surface area contributed by atoms with Crippen LogP contribution in [0.1, 0.15) is 5.56 Å². The van der Waals surface area contributed by atoms with Gasteiger partial charge in [-0.3, -0.25) is 0 Å². The van der Waals surface area contributed by atoms with Crippen LogP contribution in [0.25, 0.3) is 28.4 Å². The Morgan fingerprint density at radius 1 is 0.576 bits per heavy atom. The van der Waals surface area contributed by atoms with Crippen LogP contribution in [-0.2, 0) is 23.7 Å². The molecule has 0 amide bonds. The Bertz CT molecular complexity index is 2360. The highest BCUT2D eigenvalue weighted by Gasteiger charge is 2.48. The van der Waals surface area contributed by atoms with E-state index in [0.717, 1.165) is 36.4 Å². The van der Waals surface area contributed by atoms with E-state index in [0.29, 0.717) is 5.56 Å². The molecule has 0 aliphatic carbocycles. The first-order valence-corrected chi connectivity index (χ1v) is 20.0. The Morgan fingerprint density at radius 3 is 1.65 bits per heavy atom. The highest BCUT2D eigenvalue weighted by Crippen LogP contribution is 2.46. The van der Waals surface area contributed by atoms with E-state index in [-0.39, 0.29) is 28.0 Å². The van der Waals surface area contributed by atoms with E-state index >= 15 is 0 Å². The lowest BCUT2D eigenvalue weighted by molar-refractivity contribution is -0.278.